The highest BCUT2D eigenvalue weighted by Gasteiger charge is 2.52. The molecule has 2 fully saturated rings. The number of amides is 1. The Labute approximate surface area is 209 Å². The van der Waals surface area contributed by atoms with Crippen LogP contribution in [-0.2, 0) is 19.6 Å². The van der Waals surface area contributed by atoms with Crippen LogP contribution >= 0.6 is 0 Å². The second kappa shape index (κ2) is 8.95. The highest BCUT2D eigenvalue weighted by Crippen LogP contribution is 2.42. The molecule has 2 aromatic rings. The molecule has 0 saturated carbocycles. The minimum Gasteiger partial charge on any atom is -0.438 e. The Morgan fingerprint density at radius 2 is 1.57 bits per heavy atom. The zero-order chi connectivity index (χ0) is 25.6. The number of hydrogen-bond donors (Lipinski definition) is 1. The maximum absolute atomic E-state index is 13.3. The minimum atomic E-state index is -0.979. The number of benzene rings is 2. The lowest BCUT2D eigenvalue weighted by molar-refractivity contribution is -0.101. The minimum absolute atomic E-state index is 0.161. The van der Waals surface area contributed by atoms with E-state index in [0.717, 1.165) is 16.6 Å². The highest BCUT2D eigenvalue weighted by molar-refractivity contribution is 6.62. The quantitative estimate of drug-likeness (QED) is 0.595. The van der Waals surface area contributed by atoms with Gasteiger partial charge < -0.3 is 24.1 Å². The molecule has 1 N–H and O–H groups in total. The predicted molar refractivity (Wildman–Crippen MR) is 137 cm³/mol. The lowest BCUT2D eigenvalue weighted by Crippen LogP contribution is -2.51. The smallest absolute Gasteiger partial charge is 0.438 e. The molecule has 6 nitrogen and oxygen atoms in total. The van der Waals surface area contributed by atoms with Crippen LogP contribution in [0.15, 0.2) is 54.6 Å². The van der Waals surface area contributed by atoms with Crippen molar-refractivity contribution >= 4 is 18.7 Å². The second-order valence-electron chi connectivity index (χ2n) is 11.6. The van der Waals surface area contributed by atoms with Gasteiger partial charge in [0.05, 0.1) is 22.8 Å². The molecule has 188 valence electrons. The van der Waals surface area contributed by atoms with Crippen molar-refractivity contribution in [1.29, 1.82) is 0 Å². The molecule has 1 amide bonds. The van der Waals surface area contributed by atoms with Crippen LogP contribution in [0.25, 0.3) is 0 Å². The van der Waals surface area contributed by atoms with E-state index < -0.39 is 29.5 Å². The topological polar surface area (TPSA) is 68.2 Å². The summed E-state index contributed by atoms with van der Waals surface area (Å²) < 4.78 is 18.5. The third kappa shape index (κ3) is 5.13. The molecule has 2 saturated heterocycles. The number of carbonyl (C=O) groups excluding carboxylic acids is 1. The van der Waals surface area contributed by atoms with Crippen LogP contribution in [0.1, 0.15) is 78.5 Å². The van der Waals surface area contributed by atoms with Gasteiger partial charge in [0.15, 0.2) is 0 Å². The van der Waals surface area contributed by atoms with E-state index >= 15 is 0 Å². The first-order chi connectivity index (χ1) is 16.2. The Bertz CT molecular complexity index is 1030. The Hall–Kier alpha value is -2.35. The lowest BCUT2D eigenvalue weighted by Gasteiger charge is -2.45. The summed E-state index contributed by atoms with van der Waals surface area (Å²) >= 11 is 0. The van der Waals surface area contributed by atoms with Gasteiger partial charge in [0.25, 0.3) is 0 Å². The summed E-state index contributed by atoms with van der Waals surface area (Å²) in [6.07, 6.45) is 0.566. The monoisotopic (exact) mass is 479 g/mol. The largest absolute Gasteiger partial charge is 0.494 e. The van der Waals surface area contributed by atoms with Gasteiger partial charge in [-0.3, -0.25) is 0 Å². The third-order valence-electron chi connectivity index (χ3n) is 7.70. The van der Waals surface area contributed by atoms with Gasteiger partial charge in [-0.2, -0.15) is 0 Å². The normalized spacial score (nSPS) is 24.9. The fourth-order valence-corrected chi connectivity index (χ4v) is 4.98. The third-order valence-corrected chi connectivity index (χ3v) is 7.70. The molecule has 2 heterocycles. The molecule has 0 radical (unpaired) electrons. The van der Waals surface area contributed by atoms with E-state index in [1.54, 1.807) is 18.7 Å². The van der Waals surface area contributed by atoms with Crippen LogP contribution in [0.5, 0.6) is 0 Å². The summed E-state index contributed by atoms with van der Waals surface area (Å²) in [6, 6.07) is 17.6. The fourth-order valence-electron chi connectivity index (χ4n) is 4.98. The van der Waals surface area contributed by atoms with Gasteiger partial charge in [-0.1, -0.05) is 54.6 Å². The van der Waals surface area contributed by atoms with Crippen LogP contribution in [-0.4, -0.2) is 46.6 Å². The number of rotatable bonds is 6. The van der Waals surface area contributed by atoms with Crippen molar-refractivity contribution in [2.24, 2.45) is 0 Å². The molecule has 2 unspecified atom stereocenters. The van der Waals surface area contributed by atoms with Crippen molar-refractivity contribution in [3.8, 4) is 0 Å². The molecule has 0 bridgehead atoms. The SMILES string of the molecule is CC(c1ccc(B2OC(C)(C)C(C)(C)O2)cc1)N1CCC(CC(C)(C)O)(c2ccccc2)OC1=O. The molecule has 7 heteroatoms. The number of nitrogens with zero attached hydrogens (tertiary/aromatic N) is 1. The first-order valence-electron chi connectivity index (χ1n) is 12.5. The van der Waals surface area contributed by atoms with E-state index in [2.05, 4.69) is 0 Å². The van der Waals surface area contributed by atoms with Crippen molar-refractivity contribution in [3.63, 3.8) is 0 Å². The van der Waals surface area contributed by atoms with Gasteiger partial charge in [-0.25, -0.2) is 4.79 Å². The van der Waals surface area contributed by atoms with Crippen molar-refractivity contribution in [1.82, 2.24) is 4.90 Å². The van der Waals surface area contributed by atoms with Gasteiger partial charge in [0.2, 0.25) is 0 Å². The maximum atomic E-state index is 13.3. The van der Waals surface area contributed by atoms with Crippen LogP contribution < -0.4 is 5.46 Å². The number of hydrogen-bond acceptors (Lipinski definition) is 5. The summed E-state index contributed by atoms with van der Waals surface area (Å²) in [6.45, 7) is 14.2. The number of ether oxygens (including phenoxy) is 1. The van der Waals surface area contributed by atoms with Crippen LogP contribution in [0, 0.1) is 0 Å². The molecule has 2 atom stereocenters. The summed E-state index contributed by atoms with van der Waals surface area (Å²) in [5.74, 6) is 0. The number of aliphatic hydroxyl groups is 1. The molecule has 2 aromatic carbocycles. The van der Waals surface area contributed by atoms with Crippen LogP contribution in [0.3, 0.4) is 0 Å². The van der Waals surface area contributed by atoms with E-state index in [4.69, 9.17) is 14.0 Å². The van der Waals surface area contributed by atoms with Crippen molar-refractivity contribution in [2.45, 2.75) is 89.8 Å². The van der Waals surface area contributed by atoms with Gasteiger partial charge in [0, 0.05) is 19.4 Å². The molecular formula is C28H38BNO5. The van der Waals surface area contributed by atoms with E-state index in [9.17, 15) is 9.90 Å². The van der Waals surface area contributed by atoms with Gasteiger partial charge in [-0.15, -0.1) is 0 Å². The molecule has 0 aromatic heterocycles. The lowest BCUT2D eigenvalue weighted by atomic mass is 9.78. The highest BCUT2D eigenvalue weighted by atomic mass is 16.7. The first-order valence-corrected chi connectivity index (χ1v) is 12.5. The Kier molecular flexibility index (Phi) is 6.58. The average Bonchev–Trinajstić information content (AvgIpc) is 3.00. The first kappa shape index (κ1) is 25.7. The fraction of sp³-hybridized carbons (Fsp3) is 0.536. The molecule has 2 aliphatic rings. The Morgan fingerprint density at radius 1 is 1.00 bits per heavy atom. The maximum Gasteiger partial charge on any atom is 0.494 e. The van der Waals surface area contributed by atoms with E-state index in [0.29, 0.717) is 19.4 Å². The van der Waals surface area contributed by atoms with Gasteiger partial charge in [0.1, 0.15) is 5.60 Å². The van der Waals surface area contributed by atoms with Gasteiger partial charge >= 0.3 is 13.2 Å². The van der Waals surface area contributed by atoms with Crippen molar-refractivity contribution < 1.29 is 23.9 Å². The second-order valence-corrected chi connectivity index (χ2v) is 11.6. The van der Waals surface area contributed by atoms with Crippen molar-refractivity contribution in [2.75, 3.05) is 6.54 Å². The number of carbonyl (C=O) groups is 1. The van der Waals surface area contributed by atoms with E-state index in [1.165, 1.54) is 0 Å². The Balaban J connectivity index is 1.49. The molecule has 35 heavy (non-hydrogen) atoms. The summed E-state index contributed by atoms with van der Waals surface area (Å²) in [7, 11) is -0.419. The molecule has 4 rings (SSSR count). The zero-order valence-corrected chi connectivity index (χ0v) is 22.0. The van der Waals surface area contributed by atoms with E-state index in [1.807, 2.05) is 89.2 Å². The van der Waals surface area contributed by atoms with Gasteiger partial charge in [-0.05, 0) is 65.1 Å². The Morgan fingerprint density at radius 3 is 2.09 bits per heavy atom. The summed E-state index contributed by atoms with van der Waals surface area (Å²) in [5.41, 5.74) is 0.256. The zero-order valence-electron chi connectivity index (χ0n) is 22.0. The molecule has 0 spiro atoms. The molecule has 0 aliphatic carbocycles. The molecule has 2 aliphatic heterocycles. The summed E-state index contributed by atoms with van der Waals surface area (Å²) in [5, 5.41) is 10.6. The predicted octanol–water partition coefficient (Wildman–Crippen LogP) is 4.95. The summed E-state index contributed by atoms with van der Waals surface area (Å²) in [4.78, 5) is 15.0. The average molecular weight is 479 g/mol. The standard InChI is InChI=1S/C28H38BNO5/c1-20(21-13-15-23(16-14-21)29-34-26(4,5)27(6,7)35-29)30-18-17-28(33-24(30)31,19-25(2,3)32)22-11-9-8-10-12-22/h8-16,20,32H,17-19H2,1-7H3. The van der Waals surface area contributed by atoms with Crippen molar-refractivity contribution in [3.05, 3.63) is 65.7 Å². The molecular weight excluding hydrogens is 441 g/mol. The number of cyclic esters (lactones) is 1. The van der Waals surface area contributed by atoms with Crippen LogP contribution in [0.4, 0.5) is 4.79 Å². The van der Waals surface area contributed by atoms with E-state index in [-0.39, 0.29) is 12.1 Å². The van der Waals surface area contributed by atoms with Crippen LogP contribution in [0.2, 0.25) is 0 Å².